The van der Waals surface area contributed by atoms with Gasteiger partial charge in [-0.2, -0.15) is 0 Å². The zero-order valence-electron chi connectivity index (χ0n) is 22.1. The summed E-state index contributed by atoms with van der Waals surface area (Å²) >= 11 is 0. The summed E-state index contributed by atoms with van der Waals surface area (Å²) in [7, 11) is 0. The Bertz CT molecular complexity index is 2080. The molecule has 0 radical (unpaired) electrons. The van der Waals surface area contributed by atoms with Crippen LogP contribution in [0.4, 0.5) is 0 Å². The Labute approximate surface area is 234 Å². The zero-order valence-corrected chi connectivity index (χ0v) is 22.1. The maximum atomic E-state index is 2.50. The van der Waals surface area contributed by atoms with E-state index in [9.17, 15) is 0 Å². The summed E-state index contributed by atoms with van der Waals surface area (Å²) in [4.78, 5) is 0. The van der Waals surface area contributed by atoms with E-state index in [2.05, 4.69) is 146 Å². The summed E-state index contributed by atoms with van der Waals surface area (Å²) in [5, 5.41) is 5.25. The van der Waals surface area contributed by atoms with Crippen molar-refractivity contribution in [3.8, 4) is 22.3 Å². The first-order valence-electron chi connectivity index (χ1n) is 14.2. The van der Waals surface area contributed by atoms with Crippen LogP contribution < -0.4 is 0 Å². The second-order valence-electron chi connectivity index (χ2n) is 11.3. The van der Waals surface area contributed by atoms with Gasteiger partial charge in [0.25, 0.3) is 0 Å². The van der Waals surface area contributed by atoms with Gasteiger partial charge in [0.15, 0.2) is 0 Å². The van der Waals surface area contributed by atoms with E-state index in [0.717, 1.165) is 6.42 Å². The lowest BCUT2D eigenvalue weighted by Gasteiger charge is -2.30. The van der Waals surface area contributed by atoms with Crippen molar-refractivity contribution in [2.75, 3.05) is 0 Å². The summed E-state index contributed by atoms with van der Waals surface area (Å²) in [6, 6.07) is 54.5. The Kier molecular flexibility index (Phi) is 4.41. The summed E-state index contributed by atoms with van der Waals surface area (Å²) in [5.74, 6) is 0. The van der Waals surface area contributed by atoms with Crippen molar-refractivity contribution in [3.05, 3.63) is 179 Å². The van der Waals surface area contributed by atoms with Crippen LogP contribution in [0.3, 0.4) is 0 Å². The molecule has 0 saturated carbocycles. The lowest BCUT2D eigenvalue weighted by atomic mass is 9.70. The molecule has 0 nitrogen and oxygen atoms in total. The molecule has 2 aliphatic rings. The molecule has 0 heterocycles. The second kappa shape index (κ2) is 8.04. The van der Waals surface area contributed by atoms with Crippen LogP contribution in [-0.2, 0) is 11.8 Å². The van der Waals surface area contributed by atoms with E-state index in [0.29, 0.717) is 0 Å². The number of fused-ring (bicyclic) bond motifs is 13. The highest BCUT2D eigenvalue weighted by molar-refractivity contribution is 6.07. The largest absolute Gasteiger partial charge is 0.0725 e. The first kappa shape index (κ1) is 21.9. The van der Waals surface area contributed by atoms with Crippen LogP contribution in [0.25, 0.3) is 43.8 Å². The average molecular weight is 507 g/mol. The molecule has 2 aliphatic carbocycles. The normalized spacial score (nSPS) is 13.8. The Morgan fingerprint density at radius 2 is 0.825 bits per heavy atom. The molecular weight excluding hydrogens is 480 g/mol. The van der Waals surface area contributed by atoms with E-state index in [4.69, 9.17) is 0 Å². The lowest BCUT2D eigenvalue weighted by Crippen LogP contribution is -2.26. The third-order valence-corrected chi connectivity index (χ3v) is 9.28. The number of hydrogen-bond acceptors (Lipinski definition) is 0. The van der Waals surface area contributed by atoms with Gasteiger partial charge in [-0.05, 0) is 83.6 Å². The predicted octanol–water partition coefficient (Wildman–Crippen LogP) is 9.93. The van der Waals surface area contributed by atoms with Gasteiger partial charge >= 0.3 is 0 Å². The van der Waals surface area contributed by atoms with Gasteiger partial charge in [0, 0.05) is 0 Å². The third-order valence-electron chi connectivity index (χ3n) is 9.28. The minimum absolute atomic E-state index is 0.283. The molecule has 0 unspecified atom stereocenters. The van der Waals surface area contributed by atoms with Gasteiger partial charge in [0.2, 0.25) is 0 Å². The monoisotopic (exact) mass is 506 g/mol. The lowest BCUT2D eigenvalue weighted by molar-refractivity contribution is 0.792. The fraction of sp³-hybridized carbons (Fsp3) is 0.0500. The Balaban J connectivity index is 1.25. The molecule has 7 aromatic carbocycles. The van der Waals surface area contributed by atoms with E-state index in [1.165, 1.54) is 77.2 Å². The molecule has 0 atom stereocenters. The molecule has 0 amide bonds. The summed E-state index contributed by atoms with van der Waals surface area (Å²) in [6.07, 6.45) is 0.905. The van der Waals surface area contributed by atoms with Crippen molar-refractivity contribution in [3.63, 3.8) is 0 Å². The van der Waals surface area contributed by atoms with Gasteiger partial charge in [-0.3, -0.25) is 0 Å². The van der Waals surface area contributed by atoms with E-state index in [1.807, 2.05) is 0 Å². The smallest absolute Gasteiger partial charge is 0.0619 e. The van der Waals surface area contributed by atoms with Gasteiger partial charge in [-0.15, -0.1) is 0 Å². The standard InChI is InChI=1S/C40H26/c1-2-10-30-28(9-1)20-21-29-19-17-26(24-35(29)30)23-27-18-22-34-33-13-5-8-16-38(33)40(39(34)25-27)36-14-6-3-11-31(36)32-12-4-7-15-37(32)40/h1-22,24-25H,23H2. The van der Waals surface area contributed by atoms with Crippen LogP contribution in [0.2, 0.25) is 0 Å². The van der Waals surface area contributed by atoms with E-state index >= 15 is 0 Å². The molecule has 0 aliphatic heterocycles. The molecule has 0 N–H and O–H groups in total. The van der Waals surface area contributed by atoms with Crippen molar-refractivity contribution >= 4 is 21.5 Å². The highest BCUT2D eigenvalue weighted by Gasteiger charge is 2.51. The quantitative estimate of drug-likeness (QED) is 0.205. The number of benzene rings is 7. The highest BCUT2D eigenvalue weighted by atomic mass is 14.5. The maximum absolute atomic E-state index is 2.50. The number of hydrogen-bond donors (Lipinski definition) is 0. The molecule has 0 bridgehead atoms. The van der Waals surface area contributed by atoms with Crippen molar-refractivity contribution in [1.29, 1.82) is 0 Å². The first-order chi connectivity index (χ1) is 19.8. The second-order valence-corrected chi connectivity index (χ2v) is 11.3. The zero-order chi connectivity index (χ0) is 26.3. The SMILES string of the molecule is c1ccc2c(c1)-c1ccccc1C21c2ccccc2-c2ccc(Cc3ccc4ccc5ccccc5c4c3)cc21. The molecule has 0 heteroatoms. The van der Waals surface area contributed by atoms with Crippen molar-refractivity contribution in [2.45, 2.75) is 11.8 Å². The summed E-state index contributed by atoms with van der Waals surface area (Å²) in [5.41, 5.74) is 13.4. The van der Waals surface area contributed by atoms with E-state index < -0.39 is 0 Å². The van der Waals surface area contributed by atoms with Gasteiger partial charge in [0.1, 0.15) is 0 Å². The van der Waals surface area contributed by atoms with Crippen LogP contribution in [0, 0.1) is 0 Å². The highest BCUT2D eigenvalue weighted by Crippen LogP contribution is 2.62. The minimum atomic E-state index is -0.283. The van der Waals surface area contributed by atoms with Crippen molar-refractivity contribution < 1.29 is 0 Å². The average Bonchev–Trinajstić information content (AvgIpc) is 3.48. The Morgan fingerprint density at radius 3 is 1.50 bits per heavy atom. The molecule has 186 valence electrons. The third kappa shape index (κ3) is 2.81. The topological polar surface area (TPSA) is 0 Å². The van der Waals surface area contributed by atoms with Crippen LogP contribution in [0.5, 0.6) is 0 Å². The first-order valence-corrected chi connectivity index (χ1v) is 14.2. The molecule has 40 heavy (non-hydrogen) atoms. The van der Waals surface area contributed by atoms with Crippen LogP contribution in [-0.4, -0.2) is 0 Å². The summed E-state index contributed by atoms with van der Waals surface area (Å²) in [6.45, 7) is 0. The molecule has 1 spiro atoms. The van der Waals surface area contributed by atoms with Crippen molar-refractivity contribution in [2.24, 2.45) is 0 Å². The number of rotatable bonds is 2. The molecule has 0 saturated heterocycles. The Morgan fingerprint density at radius 1 is 0.350 bits per heavy atom. The minimum Gasteiger partial charge on any atom is -0.0619 e. The maximum Gasteiger partial charge on any atom is 0.0725 e. The van der Waals surface area contributed by atoms with Crippen LogP contribution in [0.1, 0.15) is 33.4 Å². The van der Waals surface area contributed by atoms with Crippen molar-refractivity contribution in [1.82, 2.24) is 0 Å². The molecule has 9 rings (SSSR count). The fourth-order valence-electron chi connectivity index (χ4n) is 7.65. The van der Waals surface area contributed by atoms with E-state index in [-0.39, 0.29) is 5.41 Å². The van der Waals surface area contributed by atoms with E-state index in [1.54, 1.807) is 0 Å². The molecule has 0 aromatic heterocycles. The molecule has 7 aromatic rings. The molecular formula is C40H26. The predicted molar refractivity (Wildman–Crippen MR) is 167 cm³/mol. The summed E-state index contributed by atoms with van der Waals surface area (Å²) < 4.78 is 0. The fourth-order valence-corrected chi connectivity index (χ4v) is 7.65. The van der Waals surface area contributed by atoms with Crippen LogP contribution >= 0.6 is 0 Å². The van der Waals surface area contributed by atoms with Crippen LogP contribution in [0.15, 0.2) is 146 Å². The molecule has 0 fully saturated rings. The van der Waals surface area contributed by atoms with Gasteiger partial charge < -0.3 is 0 Å². The van der Waals surface area contributed by atoms with Gasteiger partial charge in [-0.1, -0.05) is 146 Å². The van der Waals surface area contributed by atoms with Gasteiger partial charge in [-0.25, -0.2) is 0 Å². The Hall–Kier alpha value is -4.94. The van der Waals surface area contributed by atoms with Gasteiger partial charge in [0.05, 0.1) is 5.41 Å².